The van der Waals surface area contributed by atoms with Gasteiger partial charge in [0.25, 0.3) is 0 Å². The van der Waals surface area contributed by atoms with E-state index in [4.69, 9.17) is 0 Å². The third kappa shape index (κ3) is 3.10. The Morgan fingerprint density at radius 2 is 2.14 bits per heavy atom. The highest BCUT2D eigenvalue weighted by atomic mass is 16.2. The van der Waals surface area contributed by atoms with Crippen molar-refractivity contribution in [3.05, 3.63) is 47.2 Å². The Balaban J connectivity index is 1.68. The van der Waals surface area contributed by atoms with Crippen molar-refractivity contribution in [1.29, 1.82) is 0 Å². The Bertz CT molecular complexity index is 1050. The third-order valence-electron chi connectivity index (χ3n) is 5.53. The molecule has 0 aliphatic carbocycles. The summed E-state index contributed by atoms with van der Waals surface area (Å²) in [5, 5.41) is 8.05. The smallest absolute Gasteiger partial charge is 0.243 e. The number of nitrogens with zero attached hydrogens (tertiary/aromatic N) is 4. The van der Waals surface area contributed by atoms with Crippen molar-refractivity contribution in [3.63, 3.8) is 0 Å². The molecule has 7 nitrogen and oxygen atoms in total. The fraction of sp³-hybridized carbons (Fsp3) is 0.429. The fourth-order valence-corrected chi connectivity index (χ4v) is 4.21. The number of carbonyl (C=O) groups excluding carboxylic acids is 2. The molecule has 0 unspecified atom stereocenters. The van der Waals surface area contributed by atoms with Crippen LogP contribution in [0.4, 0.5) is 0 Å². The number of aromatic amines is 1. The number of hydrogen-bond donors (Lipinski definition) is 1. The third-order valence-corrected chi connectivity index (χ3v) is 5.53. The summed E-state index contributed by atoms with van der Waals surface area (Å²) < 4.78 is 1.94. The molecule has 3 aromatic rings. The van der Waals surface area contributed by atoms with Crippen LogP contribution in [0.15, 0.2) is 24.4 Å². The molecule has 1 aliphatic heterocycles. The van der Waals surface area contributed by atoms with Gasteiger partial charge in [-0.05, 0) is 38.7 Å². The zero-order valence-corrected chi connectivity index (χ0v) is 16.5. The van der Waals surface area contributed by atoms with Crippen molar-refractivity contribution in [1.82, 2.24) is 24.6 Å². The van der Waals surface area contributed by atoms with Crippen LogP contribution < -0.4 is 0 Å². The van der Waals surface area contributed by atoms with Crippen LogP contribution in [0.3, 0.4) is 0 Å². The molecule has 3 heterocycles. The molecule has 1 saturated heterocycles. The highest BCUT2D eigenvalue weighted by Gasteiger charge is 2.33. The van der Waals surface area contributed by atoms with E-state index in [2.05, 4.69) is 28.2 Å². The summed E-state index contributed by atoms with van der Waals surface area (Å²) in [6, 6.07) is 5.91. The number of benzene rings is 1. The predicted molar refractivity (Wildman–Crippen MR) is 106 cm³/mol. The lowest BCUT2D eigenvalue weighted by Gasteiger charge is -2.23. The van der Waals surface area contributed by atoms with Crippen LogP contribution in [0.2, 0.25) is 0 Å². The molecule has 2 aromatic heterocycles. The molecule has 1 amide bonds. The van der Waals surface area contributed by atoms with Crippen molar-refractivity contribution in [3.8, 4) is 0 Å². The van der Waals surface area contributed by atoms with E-state index in [1.54, 1.807) is 6.92 Å². The minimum atomic E-state index is -0.0859. The molecule has 0 radical (unpaired) electrons. The number of likely N-dealkylation sites (tertiary alicyclic amines) is 1. The summed E-state index contributed by atoms with van der Waals surface area (Å²) in [4.78, 5) is 31.6. The minimum absolute atomic E-state index is 0.0136. The van der Waals surface area contributed by atoms with Gasteiger partial charge in [-0.15, -0.1) is 0 Å². The number of hydrogen-bond acceptors (Lipinski definition) is 4. The first-order valence-electron chi connectivity index (χ1n) is 9.79. The molecule has 4 rings (SSSR count). The fourth-order valence-electron chi connectivity index (χ4n) is 4.21. The van der Waals surface area contributed by atoms with Crippen LogP contribution in [-0.2, 0) is 17.8 Å². The normalized spacial score (nSPS) is 16.8. The van der Waals surface area contributed by atoms with Crippen LogP contribution in [-0.4, -0.2) is 42.9 Å². The van der Waals surface area contributed by atoms with Crippen LogP contribution in [0.5, 0.6) is 0 Å². The van der Waals surface area contributed by atoms with Crippen molar-refractivity contribution in [2.24, 2.45) is 0 Å². The van der Waals surface area contributed by atoms with Gasteiger partial charge in [0.2, 0.25) is 5.91 Å². The maximum atomic E-state index is 13.2. The maximum Gasteiger partial charge on any atom is 0.243 e. The summed E-state index contributed by atoms with van der Waals surface area (Å²) in [6.07, 6.45) is 4.48. The highest BCUT2D eigenvalue weighted by molar-refractivity contribution is 6.07. The van der Waals surface area contributed by atoms with Crippen LogP contribution >= 0.6 is 0 Å². The molecule has 1 aromatic carbocycles. The van der Waals surface area contributed by atoms with Gasteiger partial charge in [-0.25, -0.2) is 4.98 Å². The molecule has 7 heteroatoms. The zero-order valence-electron chi connectivity index (χ0n) is 16.5. The zero-order chi connectivity index (χ0) is 19.8. The van der Waals surface area contributed by atoms with E-state index in [0.29, 0.717) is 17.9 Å². The molecule has 1 aliphatic rings. The van der Waals surface area contributed by atoms with E-state index in [1.165, 1.54) is 0 Å². The molecular formula is C21H25N5O2. The van der Waals surface area contributed by atoms with E-state index >= 15 is 0 Å². The van der Waals surface area contributed by atoms with Crippen molar-refractivity contribution >= 4 is 22.6 Å². The average Bonchev–Trinajstić information content (AvgIpc) is 3.39. The molecule has 1 N–H and O–H groups in total. The molecule has 1 atom stereocenters. The summed E-state index contributed by atoms with van der Waals surface area (Å²) in [5.41, 5.74) is 2.79. The standard InChI is InChI=1S/C21H25N5O2/c1-4-15-7-5-8-16-17(13(2)27)11-25(20(15)16)12-19(28)26-10-6-9-18(26)21-22-14(3)23-24-21/h5,7-8,11,18H,4,6,9-10,12H2,1-3H3,(H,22,23,24)/t18-/m0/s1. The van der Waals surface area contributed by atoms with Gasteiger partial charge in [0.05, 0.1) is 11.6 Å². The van der Waals surface area contributed by atoms with E-state index in [1.807, 2.05) is 34.7 Å². The van der Waals surface area contributed by atoms with Gasteiger partial charge in [0.15, 0.2) is 11.6 Å². The molecule has 28 heavy (non-hydrogen) atoms. The number of carbonyl (C=O) groups is 2. The number of ketones is 1. The number of aromatic nitrogens is 4. The number of para-hydroxylation sites is 1. The number of nitrogens with one attached hydrogen (secondary N) is 1. The van der Waals surface area contributed by atoms with E-state index in [0.717, 1.165) is 41.6 Å². The van der Waals surface area contributed by atoms with Gasteiger partial charge in [-0.1, -0.05) is 25.1 Å². The Labute approximate surface area is 163 Å². The Morgan fingerprint density at radius 3 is 2.82 bits per heavy atom. The minimum Gasteiger partial charge on any atom is -0.337 e. The highest BCUT2D eigenvalue weighted by Crippen LogP contribution is 2.31. The Kier molecular flexibility index (Phi) is 4.75. The Morgan fingerprint density at radius 1 is 1.32 bits per heavy atom. The first-order chi connectivity index (χ1) is 13.5. The number of H-pyrrole nitrogens is 1. The van der Waals surface area contributed by atoms with Gasteiger partial charge < -0.3 is 9.47 Å². The van der Waals surface area contributed by atoms with E-state index in [9.17, 15) is 9.59 Å². The Hall–Kier alpha value is -2.96. The lowest BCUT2D eigenvalue weighted by atomic mass is 10.1. The largest absolute Gasteiger partial charge is 0.337 e. The monoisotopic (exact) mass is 379 g/mol. The average molecular weight is 379 g/mol. The first-order valence-corrected chi connectivity index (χ1v) is 9.79. The molecular weight excluding hydrogens is 354 g/mol. The molecule has 1 fully saturated rings. The first kappa shape index (κ1) is 18.4. The number of Topliss-reactive ketones (excluding diaryl/α,β-unsaturated/α-hetero) is 1. The second kappa shape index (κ2) is 7.22. The molecule has 146 valence electrons. The number of rotatable bonds is 5. The SMILES string of the molecule is CCc1cccc2c(C(C)=O)cn(CC(=O)N3CCC[C@H]3c3n[nH]c(C)n3)c12. The lowest BCUT2D eigenvalue weighted by molar-refractivity contribution is -0.132. The van der Waals surface area contributed by atoms with Crippen LogP contribution in [0, 0.1) is 6.92 Å². The topological polar surface area (TPSA) is 83.9 Å². The van der Waals surface area contributed by atoms with E-state index in [-0.39, 0.29) is 24.3 Å². The summed E-state index contributed by atoms with van der Waals surface area (Å²) in [6.45, 7) is 6.43. The van der Waals surface area contributed by atoms with Crippen molar-refractivity contribution in [2.75, 3.05) is 6.54 Å². The van der Waals surface area contributed by atoms with Gasteiger partial charge in [0.1, 0.15) is 12.4 Å². The van der Waals surface area contributed by atoms with E-state index < -0.39 is 0 Å². The maximum absolute atomic E-state index is 13.2. The number of aryl methyl sites for hydroxylation is 2. The number of fused-ring (bicyclic) bond motifs is 1. The molecule has 0 saturated carbocycles. The summed E-state index contributed by atoms with van der Waals surface area (Å²) in [7, 11) is 0. The van der Waals surface area contributed by atoms with Gasteiger partial charge in [0, 0.05) is 23.7 Å². The van der Waals surface area contributed by atoms with Crippen molar-refractivity contribution < 1.29 is 9.59 Å². The van der Waals surface area contributed by atoms with Crippen LogP contribution in [0.1, 0.15) is 60.3 Å². The van der Waals surface area contributed by atoms with Gasteiger partial charge >= 0.3 is 0 Å². The summed E-state index contributed by atoms with van der Waals surface area (Å²) >= 11 is 0. The van der Waals surface area contributed by atoms with Gasteiger partial charge in [-0.3, -0.25) is 14.7 Å². The second-order valence-electron chi connectivity index (χ2n) is 7.42. The van der Waals surface area contributed by atoms with Crippen LogP contribution in [0.25, 0.3) is 10.9 Å². The predicted octanol–water partition coefficient (Wildman–Crippen LogP) is 3.20. The van der Waals surface area contributed by atoms with Gasteiger partial charge in [-0.2, -0.15) is 5.10 Å². The lowest BCUT2D eigenvalue weighted by Crippen LogP contribution is -2.33. The van der Waals surface area contributed by atoms with Crippen molar-refractivity contribution in [2.45, 2.75) is 52.6 Å². The second-order valence-corrected chi connectivity index (χ2v) is 7.42. The molecule has 0 spiro atoms. The quantitative estimate of drug-likeness (QED) is 0.690. The summed E-state index contributed by atoms with van der Waals surface area (Å²) in [5.74, 6) is 1.48. The number of amides is 1. The molecule has 0 bridgehead atoms.